The van der Waals surface area contributed by atoms with Gasteiger partial charge < -0.3 is 15.3 Å². The van der Waals surface area contributed by atoms with Gasteiger partial charge in [0.05, 0.1) is 5.09 Å². The van der Waals surface area contributed by atoms with E-state index >= 15 is 0 Å². The van der Waals surface area contributed by atoms with Crippen LogP contribution in [0.3, 0.4) is 0 Å². The van der Waals surface area contributed by atoms with Crippen molar-refractivity contribution in [3.8, 4) is 0 Å². The summed E-state index contributed by atoms with van der Waals surface area (Å²) in [5.74, 6) is 0. The molecule has 5 heteroatoms. The van der Waals surface area contributed by atoms with Crippen LogP contribution in [0, 0.1) is 55.7 Å². The molecule has 1 radical (unpaired) electrons. The summed E-state index contributed by atoms with van der Waals surface area (Å²) in [6.07, 6.45) is 0. The second kappa shape index (κ2) is 4.54. The first kappa shape index (κ1) is 9.11. The van der Waals surface area contributed by atoms with E-state index < -0.39 is 5.09 Å². The van der Waals surface area contributed by atoms with E-state index in [0.717, 1.165) is 0 Å². The molecule has 0 rings (SSSR count). The normalized spacial score (nSPS) is 4.80. The molecule has 0 atom stereocenters. The van der Waals surface area contributed by atoms with Crippen LogP contribution in [0.2, 0.25) is 0 Å². The molecule has 0 aromatic carbocycles. The third kappa shape index (κ3) is 101. The quantitative estimate of drug-likeness (QED) is 0.406. The van der Waals surface area contributed by atoms with Crippen LogP contribution in [-0.4, -0.2) is 5.09 Å². The van der Waals surface area contributed by atoms with Gasteiger partial charge in [0, 0.05) is 40.4 Å². The second-order valence-electron chi connectivity index (χ2n) is 0.224. The van der Waals surface area contributed by atoms with Crippen molar-refractivity contribution in [3.05, 3.63) is 15.3 Å². The van der Waals surface area contributed by atoms with Gasteiger partial charge in [-0.1, -0.05) is 0 Å². The molecule has 0 saturated carbocycles. The minimum Gasteiger partial charge on any atom is -0.356 e. The number of rotatable bonds is 0. The van der Waals surface area contributed by atoms with Crippen molar-refractivity contribution in [1.82, 2.24) is 0 Å². The summed E-state index contributed by atoms with van der Waals surface area (Å²) in [4.78, 5) is 8.25. The summed E-state index contributed by atoms with van der Waals surface area (Å²) >= 11 is 0. The summed E-state index contributed by atoms with van der Waals surface area (Å²) in [6, 6.07) is 0. The Balaban J connectivity index is 0. The fraction of sp³-hybridized carbons (Fsp3) is 0. The van der Waals surface area contributed by atoms with Crippen molar-refractivity contribution in [2.75, 3.05) is 0 Å². The van der Waals surface area contributed by atoms with Gasteiger partial charge in [-0.15, -0.1) is 0 Å². The van der Waals surface area contributed by atoms with Crippen LogP contribution in [-0.2, 0) is 0 Å². The second-order valence-corrected chi connectivity index (χ2v) is 0.224. The molecule has 0 unspecified atom stereocenters. The Morgan fingerprint density at radius 3 is 1.40 bits per heavy atom. The first-order valence-electron chi connectivity index (χ1n) is 0.548. The molecule has 0 aromatic rings. The molecule has 0 aliphatic rings. The van der Waals surface area contributed by atoms with Gasteiger partial charge in [0.15, 0.2) is 0 Å². The van der Waals surface area contributed by atoms with E-state index in [2.05, 4.69) is 0 Å². The molecular weight excluding hydrogens is 207 g/mol. The van der Waals surface area contributed by atoms with Gasteiger partial charge >= 0.3 is 0 Å². The SMILES string of the molecule is O=[N+]([O-])[O-].[Pm]. The first-order chi connectivity index (χ1) is 1.73. The van der Waals surface area contributed by atoms with Crippen LogP contribution in [0.1, 0.15) is 0 Å². The van der Waals surface area contributed by atoms with Crippen molar-refractivity contribution < 1.29 is 45.5 Å². The van der Waals surface area contributed by atoms with E-state index in [1.165, 1.54) is 0 Å². The van der Waals surface area contributed by atoms with Crippen molar-refractivity contribution in [1.29, 1.82) is 0 Å². The number of hydrogen-bond donors (Lipinski definition) is 0. The summed E-state index contributed by atoms with van der Waals surface area (Å²) in [7, 11) is 0. The molecular formula is NO3Pm-. The Labute approximate surface area is 60.4 Å². The fourth-order valence-corrected chi connectivity index (χ4v) is 0. The van der Waals surface area contributed by atoms with Gasteiger partial charge in [-0.05, 0) is 0 Å². The predicted octanol–water partition coefficient (Wildman–Crippen LogP) is -0.239. The Kier molecular flexibility index (Phi) is 8.27. The molecule has 5 heavy (non-hydrogen) atoms. The van der Waals surface area contributed by atoms with E-state index in [4.69, 9.17) is 15.3 Å². The number of hydrogen-bond acceptors (Lipinski definition) is 3. The van der Waals surface area contributed by atoms with Gasteiger partial charge in [-0.3, -0.25) is 0 Å². The number of nitrogens with zero attached hydrogens (tertiary/aromatic N) is 1. The van der Waals surface area contributed by atoms with Gasteiger partial charge in [0.2, 0.25) is 0 Å². The summed E-state index contributed by atoms with van der Waals surface area (Å²) in [5.41, 5.74) is 0. The van der Waals surface area contributed by atoms with Gasteiger partial charge in [0.25, 0.3) is 0 Å². The standard InChI is InChI=1S/NO3.Pm/c2-1(3)4;/q-1;. The van der Waals surface area contributed by atoms with E-state index in [9.17, 15) is 0 Å². The van der Waals surface area contributed by atoms with Crippen LogP contribution in [0.5, 0.6) is 0 Å². The van der Waals surface area contributed by atoms with Gasteiger partial charge in [-0.2, -0.15) is 0 Å². The fourth-order valence-electron chi connectivity index (χ4n) is 0. The Bertz CT molecular complexity index is 29.9. The first-order valence-corrected chi connectivity index (χ1v) is 0.548. The molecule has 0 aromatic heterocycles. The van der Waals surface area contributed by atoms with Crippen LogP contribution in [0.25, 0.3) is 0 Å². The Hall–Kier alpha value is 0.538. The maximum Gasteiger partial charge on any atom is 0.0689 e. The average Bonchev–Trinajstić information content (AvgIpc) is 0.811. The van der Waals surface area contributed by atoms with Crippen LogP contribution in [0.4, 0.5) is 0 Å². The zero-order chi connectivity index (χ0) is 3.58. The minimum absolute atomic E-state index is 0. The van der Waals surface area contributed by atoms with Crippen LogP contribution >= 0.6 is 0 Å². The van der Waals surface area contributed by atoms with E-state index in [0.29, 0.717) is 0 Å². The van der Waals surface area contributed by atoms with Crippen LogP contribution in [0.15, 0.2) is 0 Å². The monoisotopic (exact) mass is 207 g/mol. The maximum atomic E-state index is 8.25. The average molecular weight is 207 g/mol. The molecule has 0 amide bonds. The largest absolute Gasteiger partial charge is 0.356 e. The molecule has 0 bridgehead atoms. The molecule has 0 aliphatic carbocycles. The topological polar surface area (TPSA) is 66.2 Å². The molecule has 0 fully saturated rings. The van der Waals surface area contributed by atoms with Crippen molar-refractivity contribution in [3.63, 3.8) is 0 Å². The molecule has 0 saturated heterocycles. The zero-order valence-electron chi connectivity index (χ0n) is 2.12. The zero-order valence-corrected chi connectivity index (χ0v) is 4.99. The Morgan fingerprint density at radius 1 is 1.40 bits per heavy atom. The van der Waals surface area contributed by atoms with Crippen molar-refractivity contribution in [2.45, 2.75) is 0 Å². The molecule has 0 aliphatic heterocycles. The van der Waals surface area contributed by atoms with Gasteiger partial charge in [0.1, 0.15) is 0 Å². The molecule has 0 N–H and O–H groups in total. The van der Waals surface area contributed by atoms with Gasteiger partial charge in [-0.25, -0.2) is 0 Å². The third-order valence-electron chi connectivity index (χ3n) is 0. The Morgan fingerprint density at radius 2 is 1.40 bits per heavy atom. The summed E-state index contributed by atoms with van der Waals surface area (Å²) in [5, 5.41) is 14.8. The predicted molar refractivity (Wildman–Crippen MR) is 10.4 cm³/mol. The minimum atomic E-state index is -1.75. The van der Waals surface area contributed by atoms with E-state index in [1.807, 2.05) is 0 Å². The van der Waals surface area contributed by atoms with E-state index in [1.54, 1.807) is 0 Å². The molecule has 0 heterocycles. The van der Waals surface area contributed by atoms with E-state index in [-0.39, 0.29) is 40.4 Å². The summed E-state index contributed by atoms with van der Waals surface area (Å²) in [6.45, 7) is 0. The smallest absolute Gasteiger partial charge is 0.0689 e. The van der Waals surface area contributed by atoms with Crippen molar-refractivity contribution in [2.24, 2.45) is 0 Å². The summed E-state index contributed by atoms with van der Waals surface area (Å²) < 4.78 is 0. The molecule has 0 spiro atoms. The third-order valence-corrected chi connectivity index (χ3v) is 0. The molecule has 4 nitrogen and oxygen atoms in total. The van der Waals surface area contributed by atoms with Crippen LogP contribution < -0.4 is 0 Å². The molecule has 29 valence electrons. The van der Waals surface area contributed by atoms with Crippen molar-refractivity contribution >= 4 is 0 Å². The maximum absolute atomic E-state index is 8.25.